The largest absolute Gasteiger partial charge is 0.345 e. The molecule has 0 atom stereocenters. The fourth-order valence-electron chi connectivity index (χ4n) is 3.48. The van der Waals surface area contributed by atoms with E-state index in [0.29, 0.717) is 29.0 Å². The van der Waals surface area contributed by atoms with Crippen LogP contribution in [0.4, 0.5) is 10.5 Å². The van der Waals surface area contributed by atoms with Crippen molar-refractivity contribution in [2.45, 2.75) is 31.7 Å². The summed E-state index contributed by atoms with van der Waals surface area (Å²) in [6.07, 6.45) is 3.16. The SMILES string of the molecule is CN(C)C(=O)c1cccc(NC(=O)CN2C(=O)C(=O)N(C3CCCC3)C2=O)c1. The third-order valence-corrected chi connectivity index (χ3v) is 4.87. The molecule has 2 fully saturated rings. The molecule has 1 aromatic carbocycles. The van der Waals surface area contributed by atoms with E-state index < -0.39 is 30.3 Å². The summed E-state index contributed by atoms with van der Waals surface area (Å²) in [6.45, 7) is -0.557. The lowest BCUT2D eigenvalue weighted by Gasteiger charge is -2.20. The van der Waals surface area contributed by atoms with Crippen LogP contribution < -0.4 is 5.32 Å². The molecule has 1 saturated carbocycles. The van der Waals surface area contributed by atoms with E-state index in [4.69, 9.17) is 0 Å². The predicted molar refractivity (Wildman–Crippen MR) is 99.3 cm³/mol. The van der Waals surface area contributed by atoms with Crippen molar-refractivity contribution in [3.63, 3.8) is 0 Å². The average Bonchev–Trinajstić information content (AvgIpc) is 3.25. The Labute approximate surface area is 162 Å². The standard InChI is InChI=1S/C19H22N4O5/c1-21(2)16(25)12-6-5-7-13(10-12)20-15(24)11-22-17(26)18(27)23(19(22)28)14-8-3-4-9-14/h5-7,10,14H,3-4,8-9,11H2,1-2H3,(H,20,24). The molecule has 3 rings (SSSR count). The number of nitrogens with zero attached hydrogens (tertiary/aromatic N) is 3. The number of urea groups is 1. The van der Waals surface area contributed by atoms with Gasteiger partial charge in [0.1, 0.15) is 6.54 Å². The number of amides is 6. The van der Waals surface area contributed by atoms with Crippen LogP contribution in [0.25, 0.3) is 0 Å². The lowest BCUT2D eigenvalue weighted by molar-refractivity contribution is -0.144. The molecule has 0 spiro atoms. The van der Waals surface area contributed by atoms with Crippen LogP contribution in [0.1, 0.15) is 36.0 Å². The highest BCUT2D eigenvalue weighted by molar-refractivity contribution is 6.45. The Hall–Kier alpha value is -3.23. The van der Waals surface area contributed by atoms with E-state index in [-0.39, 0.29) is 11.9 Å². The van der Waals surface area contributed by atoms with Gasteiger partial charge in [-0.25, -0.2) is 9.69 Å². The minimum atomic E-state index is -0.983. The first kappa shape index (κ1) is 19.5. The quantitative estimate of drug-likeness (QED) is 0.601. The van der Waals surface area contributed by atoms with Gasteiger partial charge in [0.2, 0.25) is 5.91 Å². The molecule has 0 aromatic heterocycles. The van der Waals surface area contributed by atoms with Gasteiger partial charge in [0, 0.05) is 31.4 Å². The molecular weight excluding hydrogens is 364 g/mol. The molecule has 28 heavy (non-hydrogen) atoms. The summed E-state index contributed by atoms with van der Waals surface area (Å²) in [5.74, 6) is -2.71. The highest BCUT2D eigenvalue weighted by Gasteiger charge is 2.48. The van der Waals surface area contributed by atoms with Crippen LogP contribution in [0.2, 0.25) is 0 Å². The number of anilines is 1. The van der Waals surface area contributed by atoms with Crippen LogP contribution in [0, 0.1) is 0 Å². The van der Waals surface area contributed by atoms with Crippen molar-refractivity contribution in [2.24, 2.45) is 0 Å². The van der Waals surface area contributed by atoms with Crippen molar-refractivity contribution in [2.75, 3.05) is 26.0 Å². The van der Waals surface area contributed by atoms with Gasteiger partial charge in [-0.05, 0) is 31.0 Å². The molecule has 1 aromatic rings. The van der Waals surface area contributed by atoms with Crippen molar-refractivity contribution >= 4 is 35.3 Å². The molecule has 1 heterocycles. The number of carbonyl (C=O) groups excluding carboxylic acids is 5. The van der Waals surface area contributed by atoms with Crippen molar-refractivity contribution in [1.82, 2.24) is 14.7 Å². The zero-order valence-electron chi connectivity index (χ0n) is 15.8. The number of rotatable bonds is 5. The number of hydrogen-bond donors (Lipinski definition) is 1. The zero-order chi connectivity index (χ0) is 20.4. The molecule has 1 saturated heterocycles. The van der Waals surface area contributed by atoms with Crippen molar-refractivity contribution in [1.29, 1.82) is 0 Å². The zero-order valence-corrected chi connectivity index (χ0v) is 15.8. The molecular formula is C19H22N4O5. The van der Waals surface area contributed by atoms with Gasteiger partial charge in [-0.1, -0.05) is 18.9 Å². The van der Waals surface area contributed by atoms with Gasteiger partial charge in [-0.3, -0.25) is 24.1 Å². The van der Waals surface area contributed by atoms with Gasteiger partial charge in [-0.2, -0.15) is 0 Å². The van der Waals surface area contributed by atoms with E-state index in [1.165, 1.54) is 11.0 Å². The second-order valence-electron chi connectivity index (χ2n) is 7.12. The van der Waals surface area contributed by atoms with Gasteiger partial charge in [0.05, 0.1) is 0 Å². The smallest absolute Gasteiger partial charge is 0.334 e. The van der Waals surface area contributed by atoms with Crippen molar-refractivity contribution < 1.29 is 24.0 Å². The van der Waals surface area contributed by atoms with E-state index in [2.05, 4.69) is 5.32 Å². The summed E-state index contributed by atoms with van der Waals surface area (Å²) in [5, 5.41) is 2.56. The molecule has 0 unspecified atom stereocenters. The minimum absolute atomic E-state index is 0.223. The second-order valence-corrected chi connectivity index (χ2v) is 7.12. The Morgan fingerprint density at radius 2 is 1.79 bits per heavy atom. The number of carbonyl (C=O) groups is 5. The maximum atomic E-state index is 12.5. The maximum Gasteiger partial charge on any atom is 0.334 e. The van der Waals surface area contributed by atoms with Crippen LogP contribution in [-0.4, -0.2) is 71.0 Å². The van der Waals surface area contributed by atoms with Gasteiger partial charge in [0.25, 0.3) is 5.91 Å². The van der Waals surface area contributed by atoms with Crippen LogP contribution in [0.15, 0.2) is 24.3 Å². The van der Waals surface area contributed by atoms with Crippen molar-refractivity contribution in [3.8, 4) is 0 Å². The van der Waals surface area contributed by atoms with Gasteiger partial charge in [0.15, 0.2) is 0 Å². The first-order valence-electron chi connectivity index (χ1n) is 9.10. The Morgan fingerprint density at radius 3 is 2.43 bits per heavy atom. The Balaban J connectivity index is 1.67. The predicted octanol–water partition coefficient (Wildman–Crippen LogP) is 1.06. The minimum Gasteiger partial charge on any atom is -0.345 e. The lowest BCUT2D eigenvalue weighted by Crippen LogP contribution is -2.41. The summed E-state index contributed by atoms with van der Waals surface area (Å²) in [6, 6.07) is 5.31. The number of nitrogens with one attached hydrogen (secondary N) is 1. The number of hydrogen-bond acceptors (Lipinski definition) is 5. The molecule has 1 N–H and O–H groups in total. The topological polar surface area (TPSA) is 107 Å². The summed E-state index contributed by atoms with van der Waals surface area (Å²) < 4.78 is 0. The molecule has 9 nitrogen and oxygen atoms in total. The fraction of sp³-hybridized carbons (Fsp3) is 0.421. The Morgan fingerprint density at radius 1 is 1.11 bits per heavy atom. The van der Waals surface area contributed by atoms with Gasteiger partial charge < -0.3 is 10.2 Å². The molecule has 2 aliphatic rings. The van der Waals surface area contributed by atoms with E-state index >= 15 is 0 Å². The highest BCUT2D eigenvalue weighted by atomic mass is 16.2. The van der Waals surface area contributed by atoms with E-state index in [1.807, 2.05) is 0 Å². The Kier molecular flexibility index (Phi) is 5.43. The molecule has 9 heteroatoms. The van der Waals surface area contributed by atoms with Crippen LogP contribution in [-0.2, 0) is 14.4 Å². The molecule has 148 valence electrons. The summed E-state index contributed by atoms with van der Waals surface area (Å²) >= 11 is 0. The summed E-state index contributed by atoms with van der Waals surface area (Å²) in [5.41, 5.74) is 0.745. The van der Waals surface area contributed by atoms with E-state index in [0.717, 1.165) is 17.7 Å². The monoisotopic (exact) mass is 386 g/mol. The third-order valence-electron chi connectivity index (χ3n) is 4.87. The van der Waals surface area contributed by atoms with Gasteiger partial charge in [-0.15, -0.1) is 0 Å². The van der Waals surface area contributed by atoms with Crippen LogP contribution >= 0.6 is 0 Å². The third kappa shape index (κ3) is 3.73. The Bertz CT molecular complexity index is 844. The highest BCUT2D eigenvalue weighted by Crippen LogP contribution is 2.27. The average molecular weight is 386 g/mol. The summed E-state index contributed by atoms with van der Waals surface area (Å²) in [4.78, 5) is 64.3. The van der Waals surface area contributed by atoms with Crippen LogP contribution in [0.3, 0.4) is 0 Å². The van der Waals surface area contributed by atoms with Crippen LogP contribution in [0.5, 0.6) is 0 Å². The first-order valence-corrected chi connectivity index (χ1v) is 9.10. The van der Waals surface area contributed by atoms with Gasteiger partial charge >= 0.3 is 17.8 Å². The molecule has 1 aliphatic carbocycles. The second kappa shape index (κ2) is 7.79. The fourth-order valence-corrected chi connectivity index (χ4v) is 3.48. The molecule has 0 radical (unpaired) electrons. The maximum absolute atomic E-state index is 12.5. The van der Waals surface area contributed by atoms with Crippen molar-refractivity contribution in [3.05, 3.63) is 29.8 Å². The molecule has 6 amide bonds. The van der Waals surface area contributed by atoms with E-state index in [1.54, 1.807) is 32.3 Å². The van der Waals surface area contributed by atoms with E-state index in [9.17, 15) is 24.0 Å². The number of benzene rings is 1. The molecule has 1 aliphatic heterocycles. The first-order chi connectivity index (χ1) is 13.3. The number of imide groups is 2. The summed E-state index contributed by atoms with van der Waals surface area (Å²) in [7, 11) is 3.23. The normalized spacial score (nSPS) is 17.4. The molecule has 0 bridgehead atoms. The lowest BCUT2D eigenvalue weighted by atomic mass is 10.2.